The van der Waals surface area contributed by atoms with Gasteiger partial charge in [-0.05, 0) is 29.3 Å². The summed E-state index contributed by atoms with van der Waals surface area (Å²) in [6.45, 7) is -0.169. The molecule has 0 spiro atoms. The number of rotatable bonds is 7. The van der Waals surface area contributed by atoms with E-state index in [1.54, 1.807) is 53.1 Å². The molecule has 0 unspecified atom stereocenters. The highest BCUT2D eigenvalue weighted by Gasteiger charge is 2.30. The fourth-order valence-corrected chi connectivity index (χ4v) is 5.52. The molecule has 5 nitrogen and oxygen atoms in total. The summed E-state index contributed by atoms with van der Waals surface area (Å²) >= 11 is 0. The van der Waals surface area contributed by atoms with Crippen molar-refractivity contribution >= 4 is 26.6 Å². The minimum Gasteiger partial charge on any atom is -0.340 e. The third-order valence-electron chi connectivity index (χ3n) is 5.69. The SMILES string of the molecule is CN(Cc1cccc(C(F)(F)F)c1)C(=O)Cn1cc(S(=O)(=O)Cc2ccccc2)c2ccccc21. The van der Waals surface area contributed by atoms with Crippen molar-refractivity contribution in [2.24, 2.45) is 0 Å². The molecule has 0 saturated heterocycles. The number of benzene rings is 3. The van der Waals surface area contributed by atoms with Crippen molar-refractivity contribution < 1.29 is 26.4 Å². The second-order valence-corrected chi connectivity index (χ2v) is 10.3. The van der Waals surface area contributed by atoms with Crippen molar-refractivity contribution in [1.29, 1.82) is 0 Å². The number of sulfone groups is 1. The Morgan fingerprint density at radius 3 is 2.29 bits per heavy atom. The number of nitrogens with zero attached hydrogens (tertiary/aromatic N) is 2. The highest BCUT2D eigenvalue weighted by Crippen LogP contribution is 2.30. The normalized spacial score (nSPS) is 12.1. The smallest absolute Gasteiger partial charge is 0.340 e. The lowest BCUT2D eigenvalue weighted by Crippen LogP contribution is -2.29. The standard InChI is InChI=1S/C26H23F3N2O3S/c1-30(15-20-10-7-11-21(14-20)26(27,28)29)25(32)17-31-16-24(22-12-5-6-13-23(22)31)35(33,34)18-19-8-3-2-4-9-19/h2-14,16H,15,17-18H2,1H3. The van der Waals surface area contributed by atoms with Crippen LogP contribution in [-0.4, -0.2) is 30.8 Å². The first-order chi connectivity index (χ1) is 16.5. The van der Waals surface area contributed by atoms with Crippen LogP contribution in [0, 0.1) is 0 Å². The van der Waals surface area contributed by atoms with E-state index in [4.69, 9.17) is 0 Å². The number of likely N-dealkylation sites (N-methyl/N-ethyl adjacent to an activating group) is 1. The van der Waals surface area contributed by atoms with Gasteiger partial charge in [-0.3, -0.25) is 4.79 Å². The summed E-state index contributed by atoms with van der Waals surface area (Å²) in [5.74, 6) is -0.541. The van der Waals surface area contributed by atoms with Crippen LogP contribution < -0.4 is 0 Å². The predicted molar refractivity (Wildman–Crippen MR) is 127 cm³/mol. The quantitative estimate of drug-likeness (QED) is 0.346. The monoisotopic (exact) mass is 500 g/mol. The molecule has 0 saturated carbocycles. The number of hydrogen-bond donors (Lipinski definition) is 0. The van der Waals surface area contributed by atoms with E-state index in [1.807, 2.05) is 6.07 Å². The Labute approximate surface area is 201 Å². The Hall–Kier alpha value is -3.59. The Bertz CT molecular complexity index is 1460. The lowest BCUT2D eigenvalue weighted by molar-refractivity contribution is -0.137. The third kappa shape index (κ3) is 5.57. The maximum absolute atomic E-state index is 13.2. The van der Waals surface area contributed by atoms with Gasteiger partial charge in [-0.2, -0.15) is 13.2 Å². The maximum atomic E-state index is 13.2. The zero-order valence-corrected chi connectivity index (χ0v) is 19.7. The van der Waals surface area contributed by atoms with Crippen LogP contribution in [0.4, 0.5) is 13.2 Å². The average Bonchev–Trinajstić information content (AvgIpc) is 3.18. The molecule has 0 aliphatic rings. The molecule has 182 valence electrons. The van der Waals surface area contributed by atoms with E-state index in [-0.39, 0.29) is 29.6 Å². The van der Waals surface area contributed by atoms with Gasteiger partial charge >= 0.3 is 6.18 Å². The van der Waals surface area contributed by atoms with Crippen LogP contribution in [-0.2, 0) is 39.7 Å². The molecule has 35 heavy (non-hydrogen) atoms. The summed E-state index contributed by atoms with van der Waals surface area (Å²) in [4.78, 5) is 14.4. The molecule has 9 heteroatoms. The number of carbonyl (C=O) groups excluding carboxylic acids is 1. The minimum atomic E-state index is -4.47. The summed E-state index contributed by atoms with van der Waals surface area (Å²) in [6, 6.07) is 20.6. The van der Waals surface area contributed by atoms with Gasteiger partial charge in [0.05, 0.1) is 16.2 Å². The highest BCUT2D eigenvalue weighted by atomic mass is 32.2. The van der Waals surface area contributed by atoms with Gasteiger partial charge in [-0.15, -0.1) is 0 Å². The van der Waals surface area contributed by atoms with Crippen molar-refractivity contribution in [2.45, 2.75) is 29.9 Å². The predicted octanol–water partition coefficient (Wildman–Crippen LogP) is 5.29. The average molecular weight is 501 g/mol. The number of carbonyl (C=O) groups is 1. The summed E-state index contributed by atoms with van der Waals surface area (Å²) in [5, 5.41) is 0.511. The van der Waals surface area contributed by atoms with Crippen molar-refractivity contribution in [3.63, 3.8) is 0 Å². The Morgan fingerprint density at radius 2 is 1.57 bits per heavy atom. The Balaban J connectivity index is 1.57. The zero-order valence-electron chi connectivity index (χ0n) is 18.9. The second-order valence-electron chi connectivity index (χ2n) is 8.33. The summed E-state index contributed by atoms with van der Waals surface area (Å²) < 4.78 is 67.0. The molecule has 0 fully saturated rings. The molecule has 1 heterocycles. The van der Waals surface area contributed by atoms with Crippen LogP contribution in [0.3, 0.4) is 0 Å². The van der Waals surface area contributed by atoms with Gasteiger partial charge in [0.2, 0.25) is 5.91 Å². The van der Waals surface area contributed by atoms with Gasteiger partial charge in [0, 0.05) is 30.7 Å². The van der Waals surface area contributed by atoms with E-state index >= 15 is 0 Å². The van der Waals surface area contributed by atoms with E-state index < -0.39 is 21.6 Å². The molecule has 0 atom stereocenters. The third-order valence-corrected chi connectivity index (χ3v) is 7.40. The summed E-state index contributed by atoms with van der Waals surface area (Å²) in [7, 11) is -2.19. The van der Waals surface area contributed by atoms with Crippen LogP contribution >= 0.6 is 0 Å². The number of halogens is 3. The van der Waals surface area contributed by atoms with E-state index in [0.717, 1.165) is 12.1 Å². The van der Waals surface area contributed by atoms with E-state index in [1.165, 1.54) is 30.3 Å². The molecular formula is C26H23F3N2O3S. The van der Waals surface area contributed by atoms with Gasteiger partial charge in [-0.1, -0.05) is 60.7 Å². The van der Waals surface area contributed by atoms with Crippen molar-refractivity contribution in [3.05, 3.63) is 102 Å². The number of para-hydroxylation sites is 1. The minimum absolute atomic E-state index is 0.0128. The molecular weight excluding hydrogens is 477 g/mol. The molecule has 1 amide bonds. The van der Waals surface area contributed by atoms with Crippen LogP contribution in [0.2, 0.25) is 0 Å². The fourth-order valence-electron chi connectivity index (χ4n) is 3.94. The van der Waals surface area contributed by atoms with Crippen LogP contribution in [0.15, 0.2) is 90.0 Å². The molecule has 0 aliphatic carbocycles. The molecule has 4 aromatic rings. The summed E-state index contributed by atoms with van der Waals surface area (Å²) in [5.41, 5.74) is 0.806. The first-order valence-corrected chi connectivity index (χ1v) is 12.4. The molecule has 3 aromatic carbocycles. The van der Waals surface area contributed by atoms with Crippen LogP contribution in [0.25, 0.3) is 10.9 Å². The summed E-state index contributed by atoms with van der Waals surface area (Å²) in [6.07, 6.45) is -3.01. The number of aromatic nitrogens is 1. The first-order valence-electron chi connectivity index (χ1n) is 10.8. The Morgan fingerprint density at radius 1 is 0.914 bits per heavy atom. The van der Waals surface area contributed by atoms with E-state index in [9.17, 15) is 26.4 Å². The molecule has 0 bridgehead atoms. The molecule has 0 aliphatic heterocycles. The number of alkyl halides is 3. The molecule has 1 aromatic heterocycles. The lowest BCUT2D eigenvalue weighted by Gasteiger charge is -2.19. The van der Waals surface area contributed by atoms with Crippen molar-refractivity contribution in [1.82, 2.24) is 9.47 Å². The van der Waals surface area contributed by atoms with E-state index in [2.05, 4.69) is 0 Å². The van der Waals surface area contributed by atoms with Gasteiger partial charge in [0.1, 0.15) is 6.54 Å². The second kappa shape index (κ2) is 9.58. The van der Waals surface area contributed by atoms with Gasteiger partial charge in [0.15, 0.2) is 9.84 Å². The first kappa shape index (κ1) is 24.5. The Kier molecular flexibility index (Phi) is 6.71. The topological polar surface area (TPSA) is 59.4 Å². The fraction of sp³-hybridized carbons (Fsp3) is 0.192. The van der Waals surface area contributed by atoms with Gasteiger partial charge < -0.3 is 9.47 Å². The van der Waals surface area contributed by atoms with E-state index in [0.29, 0.717) is 22.0 Å². The van der Waals surface area contributed by atoms with Crippen molar-refractivity contribution in [3.8, 4) is 0 Å². The van der Waals surface area contributed by atoms with Crippen molar-refractivity contribution in [2.75, 3.05) is 7.05 Å². The largest absolute Gasteiger partial charge is 0.416 e. The van der Waals surface area contributed by atoms with Gasteiger partial charge in [0.25, 0.3) is 0 Å². The highest BCUT2D eigenvalue weighted by molar-refractivity contribution is 7.90. The molecule has 0 radical (unpaired) electrons. The molecule has 0 N–H and O–H groups in total. The van der Waals surface area contributed by atoms with Gasteiger partial charge in [-0.25, -0.2) is 8.42 Å². The zero-order chi connectivity index (χ0) is 25.2. The maximum Gasteiger partial charge on any atom is 0.416 e. The number of hydrogen-bond acceptors (Lipinski definition) is 3. The van der Waals surface area contributed by atoms with Crippen LogP contribution in [0.1, 0.15) is 16.7 Å². The number of fused-ring (bicyclic) bond motifs is 1. The molecule has 4 rings (SSSR count). The van der Waals surface area contributed by atoms with Crippen LogP contribution in [0.5, 0.6) is 0 Å². The number of amides is 1. The lowest BCUT2D eigenvalue weighted by atomic mass is 10.1.